The third kappa shape index (κ3) is 1.67. The molecule has 1 fully saturated rings. The van der Waals surface area contributed by atoms with E-state index in [0.29, 0.717) is 4.75 Å². The molecule has 0 aliphatic carbocycles. The van der Waals surface area contributed by atoms with Crippen molar-refractivity contribution < 1.29 is 0 Å². The van der Waals surface area contributed by atoms with Crippen molar-refractivity contribution in [3.05, 3.63) is 0 Å². The van der Waals surface area contributed by atoms with Crippen molar-refractivity contribution in [3.8, 4) is 0 Å². The highest BCUT2D eigenvalue weighted by Crippen LogP contribution is 2.33. The Balaban J connectivity index is 2.44. The minimum Gasteiger partial charge on any atom is -0.315 e. The summed E-state index contributed by atoms with van der Waals surface area (Å²) in [6.07, 6.45) is 2.61. The van der Waals surface area contributed by atoms with Crippen LogP contribution in [0, 0.1) is 0 Å². The van der Waals surface area contributed by atoms with Crippen molar-refractivity contribution in [2.75, 3.05) is 18.8 Å². The monoisotopic (exact) mass is 159 g/mol. The Morgan fingerprint density at radius 2 is 2.10 bits per heavy atom. The summed E-state index contributed by atoms with van der Waals surface area (Å²) in [5.74, 6) is 1.29. The minimum atomic E-state index is 0.568. The van der Waals surface area contributed by atoms with E-state index in [1.54, 1.807) is 0 Å². The summed E-state index contributed by atoms with van der Waals surface area (Å²) >= 11 is 2.15. The van der Waals surface area contributed by atoms with Crippen molar-refractivity contribution in [3.63, 3.8) is 0 Å². The molecule has 1 rings (SSSR count). The van der Waals surface area contributed by atoms with Crippen LogP contribution in [0.25, 0.3) is 0 Å². The normalized spacial score (nSPS) is 24.6. The first kappa shape index (κ1) is 8.41. The van der Waals surface area contributed by atoms with Gasteiger partial charge in [0, 0.05) is 23.6 Å². The lowest BCUT2D eigenvalue weighted by atomic mass is 10.0. The minimum absolute atomic E-state index is 0.568. The van der Waals surface area contributed by atoms with E-state index in [2.05, 4.69) is 30.9 Å². The summed E-state index contributed by atoms with van der Waals surface area (Å²) in [6, 6.07) is 0. The first-order chi connectivity index (χ1) is 4.83. The molecule has 0 aromatic heterocycles. The van der Waals surface area contributed by atoms with Crippen molar-refractivity contribution in [1.29, 1.82) is 0 Å². The molecule has 0 unspecified atom stereocenters. The Hall–Kier alpha value is 0.310. The Bertz CT molecular complexity index is 91.4. The van der Waals surface area contributed by atoms with Crippen LogP contribution in [0.5, 0.6) is 0 Å². The quantitative estimate of drug-likeness (QED) is 0.660. The molecule has 1 aliphatic heterocycles. The Morgan fingerprint density at radius 1 is 1.40 bits per heavy atom. The zero-order chi connectivity index (χ0) is 7.45. The predicted molar refractivity (Wildman–Crippen MR) is 48.6 cm³/mol. The largest absolute Gasteiger partial charge is 0.315 e. The molecular formula is C8H17NS. The van der Waals surface area contributed by atoms with Gasteiger partial charge in [0.15, 0.2) is 0 Å². The Labute approximate surface area is 68.0 Å². The lowest BCUT2D eigenvalue weighted by Gasteiger charge is -2.35. The van der Waals surface area contributed by atoms with Gasteiger partial charge >= 0.3 is 0 Å². The van der Waals surface area contributed by atoms with Crippen LogP contribution in [0.1, 0.15) is 26.7 Å². The molecular weight excluding hydrogens is 142 g/mol. The van der Waals surface area contributed by atoms with E-state index in [-0.39, 0.29) is 0 Å². The van der Waals surface area contributed by atoms with Crippen molar-refractivity contribution in [1.82, 2.24) is 5.32 Å². The zero-order valence-electron chi connectivity index (χ0n) is 6.94. The Morgan fingerprint density at radius 3 is 2.40 bits per heavy atom. The average molecular weight is 159 g/mol. The smallest absolute Gasteiger partial charge is 0.0279 e. The topological polar surface area (TPSA) is 12.0 Å². The van der Waals surface area contributed by atoms with Gasteiger partial charge in [-0.25, -0.2) is 0 Å². The number of hydrogen-bond donors (Lipinski definition) is 1. The third-order valence-electron chi connectivity index (χ3n) is 2.42. The summed E-state index contributed by atoms with van der Waals surface area (Å²) in [4.78, 5) is 0. The van der Waals surface area contributed by atoms with Crippen LogP contribution >= 0.6 is 11.8 Å². The summed E-state index contributed by atoms with van der Waals surface area (Å²) in [7, 11) is 0. The molecule has 1 nitrogen and oxygen atoms in total. The molecule has 10 heavy (non-hydrogen) atoms. The molecule has 1 N–H and O–H groups in total. The van der Waals surface area contributed by atoms with Gasteiger partial charge in [-0.2, -0.15) is 11.8 Å². The molecule has 1 aliphatic rings. The molecule has 1 heterocycles. The van der Waals surface area contributed by atoms with E-state index in [1.807, 2.05) is 0 Å². The van der Waals surface area contributed by atoms with Gasteiger partial charge in [0.25, 0.3) is 0 Å². The highest BCUT2D eigenvalue weighted by molar-refractivity contribution is 8.00. The SMILES string of the molecule is CCC1(CC)CNCCS1. The van der Waals surface area contributed by atoms with Gasteiger partial charge in [0.05, 0.1) is 0 Å². The summed E-state index contributed by atoms with van der Waals surface area (Å²) < 4.78 is 0.568. The molecule has 0 saturated carbocycles. The fourth-order valence-electron chi connectivity index (χ4n) is 1.41. The van der Waals surface area contributed by atoms with Crippen molar-refractivity contribution >= 4 is 11.8 Å². The maximum absolute atomic E-state index is 3.46. The van der Waals surface area contributed by atoms with E-state index in [9.17, 15) is 0 Å². The van der Waals surface area contributed by atoms with Gasteiger partial charge in [-0.15, -0.1) is 0 Å². The van der Waals surface area contributed by atoms with Gasteiger partial charge < -0.3 is 5.32 Å². The lowest BCUT2D eigenvalue weighted by Crippen LogP contribution is -2.42. The second-order valence-electron chi connectivity index (χ2n) is 2.92. The van der Waals surface area contributed by atoms with Gasteiger partial charge in [0.2, 0.25) is 0 Å². The number of nitrogens with one attached hydrogen (secondary N) is 1. The average Bonchev–Trinajstić information content (AvgIpc) is 2.06. The molecule has 2 heteroatoms. The summed E-state index contributed by atoms with van der Waals surface area (Å²) in [5.41, 5.74) is 0. The lowest BCUT2D eigenvalue weighted by molar-refractivity contribution is 0.489. The van der Waals surface area contributed by atoms with Crippen LogP contribution in [0.15, 0.2) is 0 Å². The molecule has 0 atom stereocenters. The predicted octanol–water partition coefficient (Wildman–Crippen LogP) is 1.88. The van der Waals surface area contributed by atoms with Gasteiger partial charge in [0.1, 0.15) is 0 Å². The van der Waals surface area contributed by atoms with E-state index in [0.717, 1.165) is 0 Å². The van der Waals surface area contributed by atoms with E-state index in [1.165, 1.54) is 31.7 Å². The van der Waals surface area contributed by atoms with Crippen LogP contribution < -0.4 is 5.32 Å². The molecule has 1 saturated heterocycles. The standard InChI is InChI=1S/C8H17NS/c1-3-8(4-2)7-9-5-6-10-8/h9H,3-7H2,1-2H3. The van der Waals surface area contributed by atoms with Crippen LogP contribution in [0.3, 0.4) is 0 Å². The molecule has 0 radical (unpaired) electrons. The number of hydrogen-bond acceptors (Lipinski definition) is 2. The van der Waals surface area contributed by atoms with E-state index in [4.69, 9.17) is 0 Å². The second-order valence-corrected chi connectivity index (χ2v) is 4.48. The molecule has 0 amide bonds. The van der Waals surface area contributed by atoms with Crippen LogP contribution in [0.2, 0.25) is 0 Å². The highest BCUT2D eigenvalue weighted by atomic mass is 32.2. The maximum atomic E-state index is 3.46. The first-order valence-electron chi connectivity index (χ1n) is 4.17. The molecule has 0 spiro atoms. The molecule has 0 bridgehead atoms. The highest BCUT2D eigenvalue weighted by Gasteiger charge is 2.28. The zero-order valence-corrected chi connectivity index (χ0v) is 7.76. The van der Waals surface area contributed by atoms with Gasteiger partial charge in [-0.05, 0) is 12.8 Å². The number of rotatable bonds is 2. The summed E-state index contributed by atoms with van der Waals surface area (Å²) in [5, 5.41) is 3.46. The van der Waals surface area contributed by atoms with Crippen molar-refractivity contribution in [2.24, 2.45) is 0 Å². The summed E-state index contributed by atoms with van der Waals surface area (Å²) in [6.45, 7) is 7.00. The fourth-order valence-corrected chi connectivity index (χ4v) is 2.70. The Kier molecular flexibility index (Phi) is 3.05. The third-order valence-corrected chi connectivity index (χ3v) is 4.17. The van der Waals surface area contributed by atoms with Gasteiger partial charge in [-0.1, -0.05) is 13.8 Å². The maximum Gasteiger partial charge on any atom is 0.0279 e. The molecule has 0 aromatic rings. The van der Waals surface area contributed by atoms with Gasteiger partial charge in [-0.3, -0.25) is 0 Å². The van der Waals surface area contributed by atoms with E-state index < -0.39 is 0 Å². The fraction of sp³-hybridized carbons (Fsp3) is 1.00. The van der Waals surface area contributed by atoms with E-state index >= 15 is 0 Å². The molecule has 0 aromatic carbocycles. The van der Waals surface area contributed by atoms with Crippen LogP contribution in [-0.4, -0.2) is 23.6 Å². The van der Waals surface area contributed by atoms with Crippen LogP contribution in [-0.2, 0) is 0 Å². The second kappa shape index (κ2) is 3.63. The van der Waals surface area contributed by atoms with Crippen LogP contribution in [0.4, 0.5) is 0 Å². The molecule has 60 valence electrons. The van der Waals surface area contributed by atoms with Crippen molar-refractivity contribution in [2.45, 2.75) is 31.4 Å². The first-order valence-corrected chi connectivity index (χ1v) is 5.16. The number of thioether (sulfide) groups is 1.